The predicted octanol–water partition coefficient (Wildman–Crippen LogP) is 4.20. The van der Waals surface area contributed by atoms with Crippen LogP contribution in [0.3, 0.4) is 0 Å². The Hall–Kier alpha value is -1.73. The lowest BCUT2D eigenvalue weighted by Gasteiger charge is -2.26. The van der Waals surface area contributed by atoms with Gasteiger partial charge in [0.1, 0.15) is 0 Å². The summed E-state index contributed by atoms with van der Waals surface area (Å²) in [5.74, 6) is -2.91. The van der Waals surface area contributed by atoms with Gasteiger partial charge in [-0.15, -0.1) is 0 Å². The van der Waals surface area contributed by atoms with Crippen molar-refractivity contribution in [2.45, 2.75) is 19.4 Å². The van der Waals surface area contributed by atoms with E-state index >= 15 is 0 Å². The molecule has 1 unspecified atom stereocenters. The minimum atomic E-state index is -2.23. The van der Waals surface area contributed by atoms with Crippen LogP contribution in [0.5, 0.6) is 0 Å². The molecule has 3 rings (SSSR count). The van der Waals surface area contributed by atoms with Crippen LogP contribution in [-0.4, -0.2) is 42.1 Å². The topological polar surface area (TPSA) is 43.8 Å². The van der Waals surface area contributed by atoms with Crippen molar-refractivity contribution < 1.29 is 18.7 Å². The number of halogens is 4. The van der Waals surface area contributed by atoms with Crippen molar-refractivity contribution in [2.75, 3.05) is 31.1 Å². The fourth-order valence-corrected chi connectivity index (χ4v) is 4.15. The number of hydrogen-bond donors (Lipinski definition) is 1. The molecule has 1 heterocycles. The first-order valence-corrected chi connectivity index (χ1v) is 9.71. The largest absolute Gasteiger partial charge is 0.372 e. The number of nitrogens with zero attached hydrogens (tertiary/aromatic N) is 2. The number of fused-ring (bicyclic) bond motifs is 1. The van der Waals surface area contributed by atoms with Gasteiger partial charge in [0.15, 0.2) is 17.2 Å². The highest BCUT2D eigenvalue weighted by Crippen LogP contribution is 2.49. The molecule has 0 fully saturated rings. The highest BCUT2D eigenvalue weighted by atomic mass is 35.5. The van der Waals surface area contributed by atoms with E-state index in [0.29, 0.717) is 17.3 Å². The second-order valence-corrected chi connectivity index (χ2v) is 7.45. The Labute approximate surface area is 172 Å². The van der Waals surface area contributed by atoms with Crippen LogP contribution in [0.1, 0.15) is 25.0 Å². The maximum absolute atomic E-state index is 13.8. The van der Waals surface area contributed by atoms with E-state index in [-0.39, 0.29) is 22.7 Å². The van der Waals surface area contributed by atoms with Crippen LogP contribution in [0.15, 0.2) is 30.3 Å². The van der Waals surface area contributed by atoms with Crippen molar-refractivity contribution in [2.24, 2.45) is 0 Å². The van der Waals surface area contributed by atoms with E-state index in [1.165, 1.54) is 17.0 Å². The third-order valence-electron chi connectivity index (χ3n) is 5.11. The van der Waals surface area contributed by atoms with Crippen LogP contribution < -0.4 is 4.90 Å². The van der Waals surface area contributed by atoms with Gasteiger partial charge in [-0.2, -0.15) is 0 Å². The molecule has 4 nitrogen and oxygen atoms in total. The minimum absolute atomic E-state index is 0.0772. The van der Waals surface area contributed by atoms with Crippen molar-refractivity contribution in [1.29, 1.82) is 0 Å². The fraction of sp³-hybridized carbons (Fsp3) is 0.350. The summed E-state index contributed by atoms with van der Waals surface area (Å²) in [6.07, 6.45) is 0. The van der Waals surface area contributed by atoms with Gasteiger partial charge < -0.3 is 14.9 Å². The van der Waals surface area contributed by atoms with E-state index in [1.807, 2.05) is 13.8 Å². The average Bonchev–Trinajstić information content (AvgIpc) is 2.87. The summed E-state index contributed by atoms with van der Waals surface area (Å²) < 4.78 is 27.2. The molecule has 1 amide bonds. The molecule has 28 heavy (non-hydrogen) atoms. The smallest absolute Gasteiger partial charge is 0.268 e. The molecule has 0 saturated heterocycles. The van der Waals surface area contributed by atoms with Crippen molar-refractivity contribution in [3.05, 3.63) is 63.1 Å². The molecular formula is C20H20Cl2F2N2O2. The van der Waals surface area contributed by atoms with Gasteiger partial charge in [0, 0.05) is 29.2 Å². The molecule has 1 aliphatic heterocycles. The third-order valence-corrected chi connectivity index (χ3v) is 5.63. The summed E-state index contributed by atoms with van der Waals surface area (Å²) in [5, 5.41) is 11.8. The van der Waals surface area contributed by atoms with E-state index < -0.39 is 23.1 Å². The number of anilines is 1. The fourth-order valence-electron chi connectivity index (χ4n) is 3.53. The van der Waals surface area contributed by atoms with Gasteiger partial charge in [0.05, 0.1) is 10.7 Å². The van der Waals surface area contributed by atoms with E-state index in [0.717, 1.165) is 25.2 Å². The first-order chi connectivity index (χ1) is 13.2. The molecule has 0 saturated carbocycles. The maximum atomic E-state index is 13.8. The zero-order chi connectivity index (χ0) is 20.6. The lowest BCUT2D eigenvalue weighted by molar-refractivity contribution is -0.132. The minimum Gasteiger partial charge on any atom is -0.372 e. The molecule has 0 radical (unpaired) electrons. The average molecular weight is 429 g/mol. The maximum Gasteiger partial charge on any atom is 0.268 e. The van der Waals surface area contributed by atoms with Crippen LogP contribution >= 0.6 is 23.2 Å². The Morgan fingerprint density at radius 3 is 2.39 bits per heavy atom. The molecule has 1 aliphatic rings. The Morgan fingerprint density at radius 2 is 1.79 bits per heavy atom. The van der Waals surface area contributed by atoms with Gasteiger partial charge in [-0.1, -0.05) is 43.1 Å². The van der Waals surface area contributed by atoms with Crippen LogP contribution in [0, 0.1) is 11.6 Å². The molecule has 1 N–H and O–H groups in total. The summed E-state index contributed by atoms with van der Waals surface area (Å²) in [7, 11) is 0. The SMILES string of the molecule is CCN(CC)CCN1C(=O)C(O)(c2ccc(F)c(F)c2)c2c(Cl)cc(Cl)cc21. The molecule has 1 atom stereocenters. The van der Waals surface area contributed by atoms with E-state index in [9.17, 15) is 18.7 Å². The van der Waals surface area contributed by atoms with Crippen LogP contribution in [0.4, 0.5) is 14.5 Å². The summed E-state index contributed by atoms with van der Waals surface area (Å²) in [5.41, 5.74) is -1.84. The Bertz CT molecular complexity index is 921. The number of hydrogen-bond acceptors (Lipinski definition) is 3. The third kappa shape index (κ3) is 3.39. The molecule has 2 aromatic rings. The second-order valence-electron chi connectivity index (χ2n) is 6.60. The van der Waals surface area contributed by atoms with E-state index in [2.05, 4.69) is 4.90 Å². The number of rotatable bonds is 6. The molecule has 0 aromatic heterocycles. The number of amides is 1. The van der Waals surface area contributed by atoms with Gasteiger partial charge >= 0.3 is 0 Å². The lowest BCUT2D eigenvalue weighted by Crippen LogP contribution is -2.44. The summed E-state index contributed by atoms with van der Waals surface area (Å²) in [6, 6.07) is 5.82. The summed E-state index contributed by atoms with van der Waals surface area (Å²) in [4.78, 5) is 16.8. The number of likely N-dealkylation sites (N-methyl/N-ethyl adjacent to an activating group) is 1. The number of aliphatic hydroxyl groups is 1. The van der Waals surface area contributed by atoms with Gasteiger partial charge in [-0.3, -0.25) is 4.79 Å². The van der Waals surface area contributed by atoms with E-state index in [4.69, 9.17) is 23.2 Å². The van der Waals surface area contributed by atoms with Crippen molar-refractivity contribution >= 4 is 34.8 Å². The molecule has 0 bridgehead atoms. The monoisotopic (exact) mass is 428 g/mol. The number of carbonyl (C=O) groups is 1. The molecule has 0 aliphatic carbocycles. The summed E-state index contributed by atoms with van der Waals surface area (Å²) >= 11 is 12.4. The molecule has 150 valence electrons. The summed E-state index contributed by atoms with van der Waals surface area (Å²) in [6.45, 7) is 6.47. The van der Waals surface area contributed by atoms with E-state index in [1.54, 1.807) is 6.07 Å². The molecule has 0 spiro atoms. The van der Waals surface area contributed by atoms with Crippen LogP contribution in [0.25, 0.3) is 0 Å². The highest BCUT2D eigenvalue weighted by molar-refractivity contribution is 6.37. The number of benzene rings is 2. The first-order valence-electron chi connectivity index (χ1n) is 8.95. The normalized spacial score (nSPS) is 18.9. The highest BCUT2D eigenvalue weighted by Gasteiger charge is 2.52. The first kappa shape index (κ1) is 21.0. The standard InChI is InChI=1S/C20H20Cl2F2N2O2/c1-3-25(4-2)7-8-26-17-11-13(21)10-14(22)18(17)20(28,19(26)27)12-5-6-15(23)16(24)9-12/h5-6,9-11,28H,3-4,7-8H2,1-2H3. The van der Waals surface area contributed by atoms with Gasteiger partial charge in [-0.25, -0.2) is 8.78 Å². The number of carbonyl (C=O) groups excluding carboxylic acids is 1. The quantitative estimate of drug-likeness (QED) is 0.749. The Kier molecular flexibility index (Phi) is 5.96. The molecular weight excluding hydrogens is 409 g/mol. The van der Waals surface area contributed by atoms with Crippen molar-refractivity contribution in [3.63, 3.8) is 0 Å². The van der Waals surface area contributed by atoms with Gasteiger partial charge in [-0.05, 0) is 37.4 Å². The van der Waals surface area contributed by atoms with Crippen LogP contribution in [-0.2, 0) is 10.4 Å². The lowest BCUT2D eigenvalue weighted by atomic mass is 9.87. The Balaban J connectivity index is 2.13. The zero-order valence-corrected chi connectivity index (χ0v) is 17.0. The zero-order valence-electron chi connectivity index (χ0n) is 15.5. The molecule has 8 heteroatoms. The van der Waals surface area contributed by atoms with Crippen molar-refractivity contribution in [3.8, 4) is 0 Å². The Morgan fingerprint density at radius 1 is 1.11 bits per heavy atom. The molecule has 2 aromatic carbocycles. The van der Waals surface area contributed by atoms with Crippen molar-refractivity contribution in [1.82, 2.24) is 4.90 Å². The van der Waals surface area contributed by atoms with Crippen LogP contribution in [0.2, 0.25) is 10.0 Å². The van der Waals surface area contributed by atoms with Gasteiger partial charge in [0.25, 0.3) is 5.91 Å². The predicted molar refractivity (Wildman–Crippen MR) is 106 cm³/mol. The van der Waals surface area contributed by atoms with Gasteiger partial charge in [0.2, 0.25) is 0 Å². The second kappa shape index (κ2) is 7.95.